The van der Waals surface area contributed by atoms with Crippen LogP contribution in [0.2, 0.25) is 0 Å². The number of amidine groups is 1. The van der Waals surface area contributed by atoms with Gasteiger partial charge < -0.3 is 10.1 Å². The smallest absolute Gasteiger partial charge is 0.128 e. The Balaban J connectivity index is 2.29. The first kappa shape index (κ1) is 8.10. The average molecular weight is 176 g/mol. The Kier molecular flexibility index (Phi) is 2.17. The fraction of sp³-hybridized carbons (Fsp3) is 0.300. The first-order valence-corrected chi connectivity index (χ1v) is 4.33. The predicted molar refractivity (Wildman–Crippen MR) is 52.4 cm³/mol. The molecule has 0 spiro atoms. The lowest BCUT2D eigenvalue weighted by Gasteiger charge is -2.04. The van der Waals surface area contributed by atoms with E-state index in [4.69, 9.17) is 4.74 Å². The molecule has 0 amide bonds. The standard InChI is InChI=1S/C10H12N2O/c1-13-9-4-2-3-8(7-9)10-11-5-6-12-10/h2-4,7H,5-6H2,1H3,(H,11,12). The minimum Gasteiger partial charge on any atom is -0.497 e. The third-order valence-corrected chi connectivity index (χ3v) is 2.02. The number of hydrogen-bond donors (Lipinski definition) is 1. The largest absolute Gasteiger partial charge is 0.497 e. The van der Waals surface area contributed by atoms with E-state index in [2.05, 4.69) is 10.3 Å². The summed E-state index contributed by atoms with van der Waals surface area (Å²) in [7, 11) is 1.67. The molecule has 1 aliphatic rings. The highest BCUT2D eigenvalue weighted by atomic mass is 16.5. The summed E-state index contributed by atoms with van der Waals surface area (Å²) in [4.78, 5) is 4.33. The van der Waals surface area contributed by atoms with Gasteiger partial charge in [-0.05, 0) is 12.1 Å². The number of hydrogen-bond acceptors (Lipinski definition) is 3. The molecule has 1 N–H and O–H groups in total. The van der Waals surface area contributed by atoms with Crippen LogP contribution >= 0.6 is 0 Å². The molecule has 13 heavy (non-hydrogen) atoms. The quantitative estimate of drug-likeness (QED) is 0.730. The highest BCUT2D eigenvalue weighted by molar-refractivity contribution is 6.00. The van der Waals surface area contributed by atoms with E-state index in [1.165, 1.54) is 0 Å². The molecule has 2 rings (SSSR count). The minimum atomic E-state index is 0.868. The summed E-state index contributed by atoms with van der Waals surface area (Å²) in [5.74, 6) is 1.84. The van der Waals surface area contributed by atoms with Crippen LogP contribution in [0.5, 0.6) is 5.75 Å². The maximum absolute atomic E-state index is 5.13. The molecule has 1 aromatic rings. The van der Waals surface area contributed by atoms with Crippen molar-refractivity contribution in [3.05, 3.63) is 29.8 Å². The van der Waals surface area contributed by atoms with Gasteiger partial charge in [-0.2, -0.15) is 0 Å². The highest BCUT2D eigenvalue weighted by Crippen LogP contribution is 2.13. The van der Waals surface area contributed by atoms with Crippen molar-refractivity contribution in [3.63, 3.8) is 0 Å². The molecule has 1 heterocycles. The summed E-state index contributed by atoms with van der Waals surface area (Å²) >= 11 is 0. The van der Waals surface area contributed by atoms with Gasteiger partial charge in [-0.15, -0.1) is 0 Å². The van der Waals surface area contributed by atoms with E-state index in [-0.39, 0.29) is 0 Å². The van der Waals surface area contributed by atoms with Crippen LogP contribution in [0, 0.1) is 0 Å². The molecular weight excluding hydrogens is 164 g/mol. The molecule has 0 saturated heterocycles. The highest BCUT2D eigenvalue weighted by Gasteiger charge is 2.07. The Bertz CT molecular complexity index is 333. The summed E-state index contributed by atoms with van der Waals surface area (Å²) in [6.45, 7) is 1.80. The van der Waals surface area contributed by atoms with Crippen molar-refractivity contribution in [3.8, 4) is 5.75 Å². The second kappa shape index (κ2) is 3.47. The van der Waals surface area contributed by atoms with Gasteiger partial charge in [0.25, 0.3) is 0 Å². The van der Waals surface area contributed by atoms with E-state index >= 15 is 0 Å². The van der Waals surface area contributed by atoms with Gasteiger partial charge >= 0.3 is 0 Å². The number of methoxy groups -OCH3 is 1. The first-order chi connectivity index (χ1) is 6.40. The molecule has 1 aromatic carbocycles. The molecule has 0 saturated carbocycles. The first-order valence-electron chi connectivity index (χ1n) is 4.33. The van der Waals surface area contributed by atoms with Gasteiger partial charge in [-0.3, -0.25) is 4.99 Å². The van der Waals surface area contributed by atoms with E-state index in [9.17, 15) is 0 Å². The molecule has 3 nitrogen and oxygen atoms in total. The Morgan fingerprint density at radius 1 is 1.46 bits per heavy atom. The summed E-state index contributed by atoms with van der Waals surface area (Å²) in [6.07, 6.45) is 0. The van der Waals surface area contributed by atoms with Gasteiger partial charge in [-0.25, -0.2) is 0 Å². The second-order valence-electron chi connectivity index (χ2n) is 2.89. The van der Waals surface area contributed by atoms with Gasteiger partial charge in [0.1, 0.15) is 11.6 Å². The Morgan fingerprint density at radius 2 is 2.38 bits per heavy atom. The molecule has 68 valence electrons. The number of ether oxygens (including phenoxy) is 1. The van der Waals surface area contributed by atoms with E-state index in [1.807, 2.05) is 24.3 Å². The van der Waals surface area contributed by atoms with Gasteiger partial charge in [-0.1, -0.05) is 12.1 Å². The number of aliphatic imine (C=N–C) groups is 1. The lowest BCUT2D eigenvalue weighted by atomic mass is 10.2. The van der Waals surface area contributed by atoms with Crippen LogP contribution in [-0.2, 0) is 0 Å². The lowest BCUT2D eigenvalue weighted by molar-refractivity contribution is 0.414. The Morgan fingerprint density at radius 3 is 3.08 bits per heavy atom. The molecule has 0 fully saturated rings. The van der Waals surface area contributed by atoms with Crippen LogP contribution in [0.3, 0.4) is 0 Å². The summed E-state index contributed by atoms with van der Waals surface area (Å²) in [5, 5.41) is 3.22. The van der Waals surface area contributed by atoms with Crippen LogP contribution in [0.1, 0.15) is 5.56 Å². The summed E-state index contributed by atoms with van der Waals surface area (Å²) in [6, 6.07) is 7.91. The van der Waals surface area contributed by atoms with E-state index in [0.717, 1.165) is 30.2 Å². The van der Waals surface area contributed by atoms with E-state index in [0.29, 0.717) is 0 Å². The summed E-state index contributed by atoms with van der Waals surface area (Å²) < 4.78 is 5.13. The van der Waals surface area contributed by atoms with E-state index < -0.39 is 0 Å². The molecule has 0 aliphatic carbocycles. The van der Waals surface area contributed by atoms with Crippen molar-refractivity contribution < 1.29 is 4.74 Å². The zero-order valence-corrected chi connectivity index (χ0v) is 7.58. The lowest BCUT2D eigenvalue weighted by Crippen LogP contribution is -2.19. The maximum atomic E-state index is 5.13. The van der Waals surface area contributed by atoms with Crippen LogP contribution in [0.25, 0.3) is 0 Å². The normalized spacial score (nSPS) is 15.0. The van der Waals surface area contributed by atoms with Crippen LogP contribution < -0.4 is 10.1 Å². The van der Waals surface area contributed by atoms with Crippen molar-refractivity contribution >= 4 is 5.84 Å². The number of nitrogens with one attached hydrogen (secondary N) is 1. The topological polar surface area (TPSA) is 33.6 Å². The third-order valence-electron chi connectivity index (χ3n) is 2.02. The Labute approximate surface area is 77.4 Å². The van der Waals surface area contributed by atoms with Crippen molar-refractivity contribution in [2.24, 2.45) is 4.99 Å². The average Bonchev–Trinajstić information content (AvgIpc) is 2.71. The molecule has 0 bridgehead atoms. The van der Waals surface area contributed by atoms with Gasteiger partial charge in [0.2, 0.25) is 0 Å². The van der Waals surface area contributed by atoms with Crippen molar-refractivity contribution in [1.29, 1.82) is 0 Å². The number of benzene rings is 1. The van der Waals surface area contributed by atoms with Crippen molar-refractivity contribution in [2.45, 2.75) is 0 Å². The van der Waals surface area contributed by atoms with Crippen LogP contribution in [0.4, 0.5) is 0 Å². The van der Waals surface area contributed by atoms with Gasteiger partial charge in [0, 0.05) is 12.1 Å². The third kappa shape index (κ3) is 1.64. The molecule has 3 heteroatoms. The molecular formula is C10H12N2O. The Hall–Kier alpha value is -1.51. The van der Waals surface area contributed by atoms with Crippen LogP contribution in [0.15, 0.2) is 29.3 Å². The van der Waals surface area contributed by atoms with Gasteiger partial charge in [0.15, 0.2) is 0 Å². The maximum Gasteiger partial charge on any atom is 0.128 e. The SMILES string of the molecule is COc1cccc(C2=NCCN2)c1. The van der Waals surface area contributed by atoms with Crippen LogP contribution in [-0.4, -0.2) is 26.0 Å². The minimum absolute atomic E-state index is 0.868. The van der Waals surface area contributed by atoms with Crippen molar-refractivity contribution in [2.75, 3.05) is 20.2 Å². The number of rotatable bonds is 2. The molecule has 0 aromatic heterocycles. The van der Waals surface area contributed by atoms with Crippen molar-refractivity contribution in [1.82, 2.24) is 5.32 Å². The zero-order chi connectivity index (χ0) is 9.10. The molecule has 0 radical (unpaired) electrons. The van der Waals surface area contributed by atoms with E-state index in [1.54, 1.807) is 7.11 Å². The predicted octanol–water partition coefficient (Wildman–Crippen LogP) is 1.04. The monoisotopic (exact) mass is 176 g/mol. The summed E-state index contributed by atoms with van der Waals surface area (Å²) in [5.41, 5.74) is 1.09. The zero-order valence-electron chi connectivity index (χ0n) is 7.58. The number of nitrogens with zero attached hydrogens (tertiary/aromatic N) is 1. The fourth-order valence-corrected chi connectivity index (χ4v) is 1.36. The fourth-order valence-electron chi connectivity index (χ4n) is 1.36. The molecule has 0 unspecified atom stereocenters. The van der Waals surface area contributed by atoms with Gasteiger partial charge in [0.05, 0.1) is 13.7 Å². The molecule has 1 aliphatic heterocycles. The second-order valence-corrected chi connectivity index (χ2v) is 2.89. The molecule has 0 atom stereocenters.